The number of nitrogens with zero attached hydrogens (tertiary/aromatic N) is 2. The number of hydrazone groups is 1. The Kier molecular flexibility index (Phi) is 8.82. The number of carboxylic acids is 2. The molecule has 0 amide bonds. The van der Waals surface area contributed by atoms with E-state index >= 15 is 0 Å². The minimum atomic E-state index is -1.19. The van der Waals surface area contributed by atoms with Gasteiger partial charge in [-0.2, -0.15) is 5.10 Å². The predicted octanol–water partition coefficient (Wildman–Crippen LogP) is -0.795. The monoisotopic (exact) mass is 212 g/mol. The third kappa shape index (κ3) is 8.03. The molecular weight excluding hydrogens is 199 g/mol. The fraction of sp³-hybridized carbons (Fsp3) is 0.571. The van der Waals surface area contributed by atoms with Crippen molar-refractivity contribution in [1.29, 1.82) is 0 Å². The zero-order valence-corrected chi connectivity index (χ0v) is 7.52. The molecule has 0 saturated heterocycles. The SMILES string of the molecule is CN(C)N=C(CCC(=O)O)C(=O)O.[NaH]. The van der Waals surface area contributed by atoms with Crippen LogP contribution >= 0.6 is 0 Å². The van der Waals surface area contributed by atoms with Crippen LogP contribution in [0.1, 0.15) is 12.8 Å². The summed E-state index contributed by atoms with van der Waals surface area (Å²) in [5, 5.41) is 21.9. The van der Waals surface area contributed by atoms with Gasteiger partial charge in [-0.3, -0.25) is 4.79 Å². The summed E-state index contributed by atoms with van der Waals surface area (Å²) in [7, 11) is 3.15. The number of hydrogen-bond acceptors (Lipinski definition) is 4. The van der Waals surface area contributed by atoms with Gasteiger partial charge in [-0.25, -0.2) is 4.79 Å². The van der Waals surface area contributed by atoms with Crippen molar-refractivity contribution in [1.82, 2.24) is 5.01 Å². The van der Waals surface area contributed by atoms with Gasteiger partial charge in [-0.1, -0.05) is 0 Å². The first-order chi connectivity index (χ1) is 5.93. The first kappa shape index (κ1) is 15.9. The van der Waals surface area contributed by atoms with Crippen molar-refractivity contribution < 1.29 is 19.8 Å². The molecule has 0 atom stereocenters. The van der Waals surface area contributed by atoms with Crippen molar-refractivity contribution in [2.45, 2.75) is 12.8 Å². The first-order valence-corrected chi connectivity index (χ1v) is 3.63. The van der Waals surface area contributed by atoms with Crippen LogP contribution in [0, 0.1) is 0 Å². The second-order valence-corrected chi connectivity index (χ2v) is 2.59. The molecule has 2 N–H and O–H groups in total. The van der Waals surface area contributed by atoms with Gasteiger partial charge in [0.1, 0.15) is 5.71 Å². The molecule has 0 rings (SSSR count). The van der Waals surface area contributed by atoms with Crippen molar-refractivity contribution >= 4 is 47.2 Å². The summed E-state index contributed by atoms with van der Waals surface area (Å²) in [5.74, 6) is -2.22. The normalized spacial score (nSPS) is 10.3. The van der Waals surface area contributed by atoms with Gasteiger partial charge in [-0.15, -0.1) is 0 Å². The summed E-state index contributed by atoms with van der Waals surface area (Å²) >= 11 is 0. The van der Waals surface area contributed by atoms with E-state index in [2.05, 4.69) is 5.10 Å². The molecule has 0 aliphatic heterocycles. The molecule has 0 bridgehead atoms. The molecule has 0 saturated carbocycles. The number of rotatable bonds is 5. The van der Waals surface area contributed by atoms with Crippen LogP contribution in [-0.4, -0.2) is 76.5 Å². The standard InChI is InChI=1S/C7H12N2O4.Na.H/c1-9(2)8-5(7(12)13)3-4-6(10)11;;/h3-4H2,1-2H3,(H,10,11)(H,12,13);;. The van der Waals surface area contributed by atoms with Gasteiger partial charge >= 0.3 is 41.5 Å². The van der Waals surface area contributed by atoms with Gasteiger partial charge < -0.3 is 15.2 Å². The van der Waals surface area contributed by atoms with E-state index in [0.717, 1.165) is 0 Å². The Bertz CT molecular complexity index is 240. The fourth-order valence-corrected chi connectivity index (χ4v) is 0.666. The Morgan fingerprint density at radius 3 is 2.00 bits per heavy atom. The van der Waals surface area contributed by atoms with Crippen molar-refractivity contribution in [3.05, 3.63) is 0 Å². The quantitative estimate of drug-likeness (QED) is 0.354. The molecule has 0 aromatic rings. The molecule has 0 heterocycles. The van der Waals surface area contributed by atoms with Crippen LogP contribution < -0.4 is 0 Å². The van der Waals surface area contributed by atoms with Crippen LogP contribution in [0.15, 0.2) is 5.10 Å². The maximum atomic E-state index is 10.5. The first-order valence-electron chi connectivity index (χ1n) is 3.63. The molecule has 0 aromatic carbocycles. The van der Waals surface area contributed by atoms with E-state index in [9.17, 15) is 9.59 Å². The van der Waals surface area contributed by atoms with Crippen LogP contribution in [0.25, 0.3) is 0 Å². The van der Waals surface area contributed by atoms with Crippen molar-refractivity contribution in [2.75, 3.05) is 14.1 Å². The van der Waals surface area contributed by atoms with E-state index in [1.54, 1.807) is 14.1 Å². The zero-order chi connectivity index (χ0) is 10.4. The van der Waals surface area contributed by atoms with Crippen LogP contribution in [0.5, 0.6) is 0 Å². The molecular formula is C7H13N2NaO4. The number of hydrogen-bond donors (Lipinski definition) is 2. The maximum absolute atomic E-state index is 10.5. The molecule has 6 nitrogen and oxygen atoms in total. The van der Waals surface area contributed by atoms with E-state index in [-0.39, 0.29) is 48.1 Å². The van der Waals surface area contributed by atoms with Gasteiger partial charge in [0.05, 0.1) is 6.42 Å². The summed E-state index contributed by atoms with van der Waals surface area (Å²) in [5.41, 5.74) is -0.146. The van der Waals surface area contributed by atoms with Crippen molar-refractivity contribution in [3.8, 4) is 0 Å². The zero-order valence-electron chi connectivity index (χ0n) is 7.52. The van der Waals surface area contributed by atoms with Gasteiger partial charge in [0.2, 0.25) is 0 Å². The van der Waals surface area contributed by atoms with Gasteiger partial charge in [-0.05, 0) is 0 Å². The molecule has 7 heteroatoms. The molecule has 0 aliphatic rings. The average molecular weight is 212 g/mol. The predicted molar refractivity (Wildman–Crippen MR) is 52.8 cm³/mol. The molecule has 0 radical (unpaired) electrons. The topological polar surface area (TPSA) is 90.2 Å². The summed E-state index contributed by atoms with van der Waals surface area (Å²) in [4.78, 5) is 20.6. The van der Waals surface area contributed by atoms with Crippen LogP contribution in [-0.2, 0) is 9.59 Å². The summed E-state index contributed by atoms with van der Waals surface area (Å²) < 4.78 is 0. The Hall–Kier alpha value is -0.590. The van der Waals surface area contributed by atoms with E-state index in [4.69, 9.17) is 10.2 Å². The Labute approximate surface area is 104 Å². The number of carbonyl (C=O) groups is 2. The van der Waals surface area contributed by atoms with E-state index in [0.29, 0.717) is 0 Å². The summed E-state index contributed by atoms with van der Waals surface area (Å²) in [6.45, 7) is 0. The molecule has 76 valence electrons. The fourth-order valence-electron chi connectivity index (χ4n) is 0.666. The van der Waals surface area contributed by atoms with Crippen LogP contribution in [0.2, 0.25) is 0 Å². The Balaban J connectivity index is 0. The van der Waals surface area contributed by atoms with Crippen LogP contribution in [0.3, 0.4) is 0 Å². The van der Waals surface area contributed by atoms with Gasteiger partial charge in [0.15, 0.2) is 0 Å². The number of carboxylic acid groups (broad SMARTS) is 2. The van der Waals surface area contributed by atoms with Gasteiger partial charge in [0, 0.05) is 20.5 Å². The van der Waals surface area contributed by atoms with E-state index in [1.165, 1.54) is 5.01 Å². The molecule has 0 aromatic heterocycles. The molecule has 14 heavy (non-hydrogen) atoms. The second kappa shape index (κ2) is 7.78. The summed E-state index contributed by atoms with van der Waals surface area (Å²) in [6, 6.07) is 0. The average Bonchev–Trinajstić information content (AvgIpc) is 1.96. The van der Waals surface area contributed by atoms with E-state index < -0.39 is 11.9 Å². The van der Waals surface area contributed by atoms with Crippen LogP contribution in [0.4, 0.5) is 0 Å². The van der Waals surface area contributed by atoms with Gasteiger partial charge in [0.25, 0.3) is 0 Å². The molecule has 0 unspecified atom stereocenters. The third-order valence-electron chi connectivity index (χ3n) is 1.14. The minimum absolute atomic E-state index is 0. The number of aliphatic carboxylic acids is 2. The molecule has 0 fully saturated rings. The molecule has 0 spiro atoms. The third-order valence-corrected chi connectivity index (χ3v) is 1.14. The van der Waals surface area contributed by atoms with E-state index in [1.807, 2.05) is 0 Å². The Morgan fingerprint density at radius 1 is 1.21 bits per heavy atom. The van der Waals surface area contributed by atoms with Crippen molar-refractivity contribution in [2.24, 2.45) is 5.10 Å². The Morgan fingerprint density at radius 2 is 1.71 bits per heavy atom. The second-order valence-electron chi connectivity index (χ2n) is 2.59. The van der Waals surface area contributed by atoms with Crippen molar-refractivity contribution in [3.63, 3.8) is 0 Å². The molecule has 0 aliphatic carbocycles. The summed E-state index contributed by atoms with van der Waals surface area (Å²) in [6.07, 6.45) is -0.290.